The van der Waals surface area contributed by atoms with Crippen molar-refractivity contribution in [1.82, 2.24) is 0 Å². The first kappa shape index (κ1) is 31.6. The van der Waals surface area contributed by atoms with Crippen LogP contribution in [0.15, 0.2) is 121 Å². The smallest absolute Gasteiger partial charge is 1.00 e. The maximum absolute atomic E-state index is 2.23. The van der Waals surface area contributed by atoms with Gasteiger partial charge in [-0.15, -0.1) is 0 Å². The van der Waals surface area contributed by atoms with Gasteiger partial charge in [0.25, 0.3) is 0 Å². The normalized spacial score (nSPS) is 11.1. The molecule has 0 spiro atoms. The van der Waals surface area contributed by atoms with Crippen LogP contribution < -0.4 is 33.6 Å². The van der Waals surface area contributed by atoms with Gasteiger partial charge >= 0.3 is 20.1 Å². The van der Waals surface area contributed by atoms with Gasteiger partial charge in [0.1, 0.15) is 0 Å². The zero-order chi connectivity index (χ0) is 22.1. The fourth-order valence-corrected chi connectivity index (χ4v) is 7.92. The van der Waals surface area contributed by atoms with E-state index in [9.17, 15) is 0 Å². The van der Waals surface area contributed by atoms with Crippen molar-refractivity contribution in [2.75, 3.05) is 24.6 Å². The molecule has 4 unspecified atom stereocenters. The third-order valence-corrected chi connectivity index (χ3v) is 10.6. The Morgan fingerprint density at radius 1 is 0.324 bits per heavy atom. The quantitative estimate of drug-likeness (QED) is 0.175. The Bertz CT molecular complexity index is 808. The molecule has 4 aromatic rings. The van der Waals surface area contributed by atoms with Crippen LogP contribution in [0.25, 0.3) is 0 Å². The molecule has 0 saturated heterocycles. The summed E-state index contributed by atoms with van der Waals surface area (Å²) in [7, 11) is 3.85. The molecule has 0 aliphatic heterocycles. The van der Waals surface area contributed by atoms with Gasteiger partial charge in [-0.3, -0.25) is 0 Å². The van der Waals surface area contributed by atoms with Gasteiger partial charge in [0.05, 0.1) is 0 Å². The summed E-state index contributed by atoms with van der Waals surface area (Å²) in [6.07, 6.45) is 5.27. The van der Waals surface area contributed by atoms with Crippen molar-refractivity contribution in [3.63, 3.8) is 0 Å². The molecule has 0 aliphatic rings. The minimum atomic E-state index is 0. The molecule has 0 aliphatic carbocycles. The van der Waals surface area contributed by atoms with E-state index < -0.39 is 0 Å². The third-order valence-electron chi connectivity index (χ3n) is 4.66. The second-order valence-corrected chi connectivity index (χ2v) is 12.9. The summed E-state index contributed by atoms with van der Waals surface area (Å²) in [5, 5.41) is 5.95. The average molecular weight is 720 g/mol. The largest absolute Gasteiger partial charge is 1.00 e. The minimum absolute atomic E-state index is 0. The Hall–Kier alpha value is -0.461. The summed E-state index contributed by atoms with van der Waals surface area (Å²) in [6, 6.07) is 43.2. The predicted molar refractivity (Wildman–Crippen MR) is 157 cm³/mol. The molecule has 0 N–H and O–H groups in total. The first-order chi connectivity index (χ1) is 15.9. The van der Waals surface area contributed by atoms with Crippen LogP contribution in [-0.4, -0.2) is 24.6 Å². The predicted octanol–water partition coefficient (Wildman–Crippen LogP) is 2.99. The molecular weight excluding hydrogens is 688 g/mol. The Kier molecular flexibility index (Phi) is 19.2. The molecule has 0 nitrogen and oxygen atoms in total. The van der Waals surface area contributed by atoms with Crippen LogP contribution in [0, 0.1) is 0 Å². The topological polar surface area (TPSA) is 0 Å². The SMILES string of the molecule is [Cl-].[Ir+].c1ccc(PCCPc2ccccc2)cc1.c1ccc(PCCPc2ccccc2)cc1. The van der Waals surface area contributed by atoms with Gasteiger partial charge in [-0.2, -0.15) is 0 Å². The molecule has 0 radical (unpaired) electrons. The van der Waals surface area contributed by atoms with Crippen LogP contribution in [0.1, 0.15) is 0 Å². The molecule has 0 aromatic heterocycles. The summed E-state index contributed by atoms with van der Waals surface area (Å²) < 4.78 is 0. The molecule has 0 fully saturated rings. The first-order valence-electron chi connectivity index (χ1n) is 11.1. The second kappa shape index (κ2) is 20.7. The van der Waals surface area contributed by atoms with Crippen LogP contribution in [0.5, 0.6) is 0 Å². The van der Waals surface area contributed by atoms with Crippen LogP contribution in [0.3, 0.4) is 0 Å². The van der Waals surface area contributed by atoms with E-state index in [2.05, 4.69) is 121 Å². The molecule has 4 rings (SSSR count). The van der Waals surface area contributed by atoms with E-state index in [-0.39, 0.29) is 32.5 Å². The fraction of sp³-hybridized carbons (Fsp3) is 0.143. The van der Waals surface area contributed by atoms with Crippen molar-refractivity contribution in [3.8, 4) is 0 Å². The molecule has 0 bridgehead atoms. The average Bonchev–Trinajstić information content (AvgIpc) is 2.88. The van der Waals surface area contributed by atoms with Crippen LogP contribution in [-0.2, 0) is 20.1 Å². The molecule has 0 heterocycles. The van der Waals surface area contributed by atoms with Gasteiger partial charge in [0.2, 0.25) is 0 Å². The molecule has 4 atom stereocenters. The van der Waals surface area contributed by atoms with Gasteiger partial charge in [0, 0.05) is 0 Å². The number of benzene rings is 4. The standard InChI is InChI=1S/2C14H16P2.ClH.Ir/c2*1-3-7-13(8-4-1)15-11-12-16-14-9-5-2-6-10-14;;/h2*1-10,15-16H,11-12H2;1H;/q;;;+1/p-1. The van der Waals surface area contributed by atoms with Crippen molar-refractivity contribution in [3.05, 3.63) is 121 Å². The van der Waals surface area contributed by atoms with Crippen LogP contribution in [0.4, 0.5) is 0 Å². The van der Waals surface area contributed by atoms with E-state index in [1.165, 1.54) is 45.9 Å². The maximum Gasteiger partial charge on any atom is 1.00 e. The molecule has 34 heavy (non-hydrogen) atoms. The van der Waals surface area contributed by atoms with Crippen molar-refractivity contribution >= 4 is 55.5 Å². The molecular formula is C28H32ClIrP4. The molecule has 6 heteroatoms. The number of halogens is 1. The van der Waals surface area contributed by atoms with Crippen molar-refractivity contribution < 1.29 is 32.5 Å². The summed E-state index contributed by atoms with van der Waals surface area (Å²) in [6.45, 7) is 0. The van der Waals surface area contributed by atoms with E-state index >= 15 is 0 Å². The van der Waals surface area contributed by atoms with E-state index in [1.54, 1.807) is 0 Å². The Morgan fingerprint density at radius 2 is 0.500 bits per heavy atom. The first-order valence-corrected chi connectivity index (χ1v) is 15.9. The van der Waals surface area contributed by atoms with E-state index in [4.69, 9.17) is 0 Å². The zero-order valence-electron chi connectivity index (χ0n) is 19.1. The van der Waals surface area contributed by atoms with Gasteiger partial charge < -0.3 is 12.4 Å². The van der Waals surface area contributed by atoms with Crippen LogP contribution in [0.2, 0.25) is 0 Å². The molecule has 4 aromatic carbocycles. The Balaban J connectivity index is 0.000000321. The van der Waals surface area contributed by atoms with E-state index in [0.29, 0.717) is 0 Å². The van der Waals surface area contributed by atoms with Crippen molar-refractivity contribution in [1.29, 1.82) is 0 Å². The fourth-order valence-electron chi connectivity index (χ4n) is 3.05. The summed E-state index contributed by atoms with van der Waals surface area (Å²) in [5.74, 6) is 0. The van der Waals surface area contributed by atoms with E-state index in [0.717, 1.165) is 34.3 Å². The zero-order valence-corrected chi connectivity index (χ0v) is 26.2. The van der Waals surface area contributed by atoms with Gasteiger partial charge in [-0.05, 0) is 45.9 Å². The maximum atomic E-state index is 2.23. The van der Waals surface area contributed by atoms with Gasteiger partial charge in [-0.25, -0.2) is 0 Å². The number of rotatable bonds is 10. The minimum Gasteiger partial charge on any atom is -1.00 e. The van der Waals surface area contributed by atoms with Gasteiger partial charge in [0.15, 0.2) is 0 Å². The molecule has 180 valence electrons. The second-order valence-electron chi connectivity index (χ2n) is 7.17. The van der Waals surface area contributed by atoms with Crippen LogP contribution >= 0.6 is 34.3 Å². The van der Waals surface area contributed by atoms with E-state index in [1.807, 2.05) is 0 Å². The summed E-state index contributed by atoms with van der Waals surface area (Å²) in [4.78, 5) is 0. The number of hydrogen-bond donors (Lipinski definition) is 0. The molecule has 0 saturated carbocycles. The molecule has 0 amide bonds. The Morgan fingerprint density at radius 3 is 0.676 bits per heavy atom. The summed E-state index contributed by atoms with van der Waals surface area (Å²) in [5.41, 5.74) is 0. The number of hydrogen-bond acceptors (Lipinski definition) is 0. The van der Waals surface area contributed by atoms with Crippen molar-refractivity contribution in [2.45, 2.75) is 0 Å². The van der Waals surface area contributed by atoms with Crippen molar-refractivity contribution in [2.24, 2.45) is 0 Å². The Labute approximate surface area is 232 Å². The summed E-state index contributed by atoms with van der Waals surface area (Å²) >= 11 is 0. The third kappa shape index (κ3) is 14.2. The monoisotopic (exact) mass is 720 g/mol. The van der Waals surface area contributed by atoms with Gasteiger partial charge in [-0.1, -0.05) is 156 Å².